The molecule has 0 radical (unpaired) electrons. The largest absolute Gasteiger partial charge is 0.516 e. The normalized spacial score (nSPS) is 12.7. The van der Waals surface area contributed by atoms with Crippen molar-refractivity contribution in [1.82, 2.24) is 0 Å². The minimum Gasteiger partial charge on any atom is -0.516 e. The molecule has 1 rings (SSSR count). The highest BCUT2D eigenvalue weighted by Crippen LogP contribution is 2.24. The quantitative estimate of drug-likeness (QED) is 0.680. The number of hydrogen-bond acceptors (Lipinski definition) is 4. The number of nitrogens with one attached hydrogen (secondary N) is 2. The summed E-state index contributed by atoms with van der Waals surface area (Å²) in [6.45, 7) is 19.5. The topological polar surface area (TPSA) is 50.4 Å². The van der Waals surface area contributed by atoms with Gasteiger partial charge in [-0.25, -0.2) is 4.79 Å². The summed E-state index contributed by atoms with van der Waals surface area (Å²) < 4.78 is 5.66. The second-order valence-corrected chi connectivity index (χ2v) is 23.0. The number of carbonyl (C=O) groups excluding carboxylic acids is 1. The SMILES string of the molecule is C[Si](C)(C)Nc1cc(N[Si](C)(C)C)cc(C(=O)O[Si](C)(C)C)c1. The van der Waals surface area contributed by atoms with Gasteiger partial charge in [0.25, 0.3) is 0 Å². The molecule has 1 aromatic carbocycles. The second kappa shape index (κ2) is 6.82. The Labute approximate surface area is 144 Å². The molecule has 0 bridgehead atoms. The van der Waals surface area contributed by atoms with Gasteiger partial charge in [-0.1, -0.05) is 39.3 Å². The van der Waals surface area contributed by atoms with Gasteiger partial charge in [0.05, 0.1) is 5.56 Å². The fourth-order valence-electron chi connectivity index (χ4n) is 2.09. The fourth-order valence-corrected chi connectivity index (χ4v) is 4.79. The maximum atomic E-state index is 12.5. The molecule has 0 aliphatic rings. The van der Waals surface area contributed by atoms with Crippen LogP contribution in [0.5, 0.6) is 0 Å². The molecule has 7 heteroatoms. The Kier molecular flexibility index (Phi) is 5.93. The first kappa shape index (κ1) is 20.0. The summed E-state index contributed by atoms with van der Waals surface area (Å²) in [7, 11) is -4.89. The lowest BCUT2D eigenvalue weighted by atomic mass is 10.2. The van der Waals surface area contributed by atoms with Crippen molar-refractivity contribution in [3.8, 4) is 0 Å². The van der Waals surface area contributed by atoms with E-state index in [1.807, 2.05) is 31.8 Å². The molecule has 2 N–H and O–H groups in total. The Hall–Kier alpha value is -1.06. The van der Waals surface area contributed by atoms with E-state index in [-0.39, 0.29) is 5.97 Å². The zero-order valence-corrected chi connectivity index (χ0v) is 19.0. The van der Waals surface area contributed by atoms with E-state index >= 15 is 0 Å². The van der Waals surface area contributed by atoms with Crippen LogP contribution in [0, 0.1) is 0 Å². The van der Waals surface area contributed by atoms with Crippen molar-refractivity contribution in [2.45, 2.75) is 58.9 Å². The molecule has 0 heterocycles. The van der Waals surface area contributed by atoms with E-state index < -0.39 is 24.8 Å². The predicted molar refractivity (Wildman–Crippen MR) is 109 cm³/mol. The van der Waals surface area contributed by atoms with Gasteiger partial charge in [-0.15, -0.1) is 0 Å². The minimum absolute atomic E-state index is 0.220. The van der Waals surface area contributed by atoms with Gasteiger partial charge in [-0.2, -0.15) is 0 Å². The smallest absolute Gasteiger partial charge is 0.324 e. The monoisotopic (exact) mass is 368 g/mol. The molecule has 0 amide bonds. The first-order valence-corrected chi connectivity index (χ1v) is 18.5. The molecule has 0 saturated heterocycles. The molecule has 0 aromatic heterocycles. The maximum absolute atomic E-state index is 12.5. The van der Waals surface area contributed by atoms with E-state index in [1.54, 1.807) is 0 Å². The summed E-state index contributed by atoms with van der Waals surface area (Å²) in [5, 5.41) is 0. The highest BCUT2D eigenvalue weighted by atomic mass is 28.4. The lowest BCUT2D eigenvalue weighted by Crippen LogP contribution is -2.34. The summed E-state index contributed by atoms with van der Waals surface area (Å²) in [5.41, 5.74) is 2.61. The standard InChI is InChI=1S/C16H32N2O2Si3/c1-21(2,3)17-14-10-13(16(19)20-23(7,8)9)11-15(12-14)18-22(4,5)6/h10-12,17-18H,1-9H3. The van der Waals surface area contributed by atoms with Gasteiger partial charge in [0, 0.05) is 11.4 Å². The predicted octanol–water partition coefficient (Wildman–Crippen LogP) is 5.17. The lowest BCUT2D eigenvalue weighted by Gasteiger charge is -2.25. The molecule has 1 aromatic rings. The highest BCUT2D eigenvalue weighted by Gasteiger charge is 2.23. The van der Waals surface area contributed by atoms with Gasteiger partial charge >= 0.3 is 5.97 Å². The van der Waals surface area contributed by atoms with Crippen molar-refractivity contribution in [2.24, 2.45) is 0 Å². The highest BCUT2D eigenvalue weighted by molar-refractivity contribution is 6.79. The molecule has 0 aliphatic heterocycles. The van der Waals surface area contributed by atoms with Crippen LogP contribution in [-0.2, 0) is 4.43 Å². The van der Waals surface area contributed by atoms with E-state index in [2.05, 4.69) is 55.3 Å². The third-order valence-electron chi connectivity index (χ3n) is 2.61. The van der Waals surface area contributed by atoms with Crippen LogP contribution in [-0.4, -0.2) is 30.8 Å². The Morgan fingerprint density at radius 1 is 0.783 bits per heavy atom. The van der Waals surface area contributed by atoms with Crippen molar-refractivity contribution in [2.75, 3.05) is 9.96 Å². The molecule has 0 fully saturated rings. The number of anilines is 2. The molecule has 4 nitrogen and oxygen atoms in total. The minimum atomic E-state index is -1.90. The summed E-state index contributed by atoms with van der Waals surface area (Å²) in [6, 6.07) is 5.92. The molecule has 0 spiro atoms. The van der Waals surface area contributed by atoms with E-state index in [9.17, 15) is 4.79 Å². The molecule has 130 valence electrons. The molecule has 0 aliphatic carbocycles. The zero-order chi connectivity index (χ0) is 18.1. The molecule has 23 heavy (non-hydrogen) atoms. The Morgan fingerprint density at radius 3 is 1.48 bits per heavy atom. The Balaban J connectivity index is 3.20. The number of rotatable bonds is 6. The molecular formula is C16H32N2O2Si3. The summed E-state index contributed by atoms with van der Waals surface area (Å²) in [6.07, 6.45) is 0. The van der Waals surface area contributed by atoms with Gasteiger partial charge in [0.15, 0.2) is 0 Å². The van der Waals surface area contributed by atoms with Crippen LogP contribution in [0.3, 0.4) is 0 Å². The van der Waals surface area contributed by atoms with Crippen LogP contribution in [0.15, 0.2) is 18.2 Å². The summed E-state index contributed by atoms with van der Waals surface area (Å²) in [4.78, 5) is 19.6. The van der Waals surface area contributed by atoms with Crippen LogP contribution < -0.4 is 9.96 Å². The first-order valence-electron chi connectivity index (χ1n) is 8.09. The van der Waals surface area contributed by atoms with Crippen LogP contribution >= 0.6 is 0 Å². The van der Waals surface area contributed by atoms with Crippen molar-refractivity contribution >= 4 is 42.1 Å². The third kappa shape index (κ3) is 8.38. The van der Waals surface area contributed by atoms with Crippen molar-refractivity contribution < 1.29 is 9.22 Å². The van der Waals surface area contributed by atoms with Gasteiger partial charge in [0.1, 0.15) is 16.5 Å². The summed E-state index contributed by atoms with van der Waals surface area (Å²) in [5.74, 6) is -0.220. The van der Waals surface area contributed by atoms with Crippen molar-refractivity contribution in [3.63, 3.8) is 0 Å². The Morgan fingerprint density at radius 2 is 1.17 bits per heavy atom. The van der Waals surface area contributed by atoms with Gasteiger partial charge < -0.3 is 14.4 Å². The number of hydrogen-bond donors (Lipinski definition) is 2. The van der Waals surface area contributed by atoms with Crippen LogP contribution in [0.2, 0.25) is 58.9 Å². The van der Waals surface area contributed by atoms with Gasteiger partial charge in [-0.05, 0) is 37.8 Å². The van der Waals surface area contributed by atoms with Gasteiger partial charge in [0.2, 0.25) is 8.32 Å². The van der Waals surface area contributed by atoms with Crippen molar-refractivity contribution in [3.05, 3.63) is 23.8 Å². The van der Waals surface area contributed by atoms with E-state index in [1.165, 1.54) is 0 Å². The van der Waals surface area contributed by atoms with Crippen LogP contribution in [0.1, 0.15) is 10.4 Å². The molecule has 0 atom stereocenters. The number of benzene rings is 1. The molecule has 0 saturated carbocycles. The summed E-state index contributed by atoms with van der Waals surface area (Å²) >= 11 is 0. The van der Waals surface area contributed by atoms with Gasteiger partial charge in [-0.3, -0.25) is 0 Å². The fraction of sp³-hybridized carbons (Fsp3) is 0.562. The lowest BCUT2D eigenvalue weighted by molar-refractivity contribution is 0.0724. The zero-order valence-electron chi connectivity index (χ0n) is 16.0. The first-order chi connectivity index (χ1) is 10.1. The average Bonchev–Trinajstić information content (AvgIpc) is 2.20. The third-order valence-corrected chi connectivity index (χ3v) is 5.48. The second-order valence-electron chi connectivity index (χ2n) is 9.05. The maximum Gasteiger partial charge on any atom is 0.324 e. The number of carbonyl (C=O) groups is 1. The van der Waals surface area contributed by atoms with Crippen molar-refractivity contribution in [1.29, 1.82) is 0 Å². The van der Waals surface area contributed by atoms with E-state index in [0.29, 0.717) is 5.56 Å². The van der Waals surface area contributed by atoms with E-state index in [4.69, 9.17) is 4.43 Å². The van der Waals surface area contributed by atoms with Crippen LogP contribution in [0.4, 0.5) is 11.4 Å². The van der Waals surface area contributed by atoms with E-state index in [0.717, 1.165) is 11.4 Å². The average molecular weight is 369 g/mol. The molecular weight excluding hydrogens is 336 g/mol. The molecule has 0 unspecified atom stereocenters. The van der Waals surface area contributed by atoms with Crippen LogP contribution in [0.25, 0.3) is 0 Å². The Bertz CT molecular complexity index is 536.